The summed E-state index contributed by atoms with van der Waals surface area (Å²) in [5, 5.41) is 26.1. The molecule has 204 valence electrons. The second-order valence-corrected chi connectivity index (χ2v) is 11.8. The SMILES string of the molecule is N#Cc1ccc(N(c2ccc(-c3cccc4c3sc3ccccc34)cc2)c2ccc(C#N)c3ccccc23)c2ccccc12. The van der Waals surface area contributed by atoms with Gasteiger partial charge in [-0.3, -0.25) is 0 Å². The zero-order valence-corrected chi connectivity index (χ0v) is 24.3. The number of fused-ring (bicyclic) bond motifs is 5. The second-order valence-electron chi connectivity index (χ2n) is 10.7. The summed E-state index contributed by atoms with van der Waals surface area (Å²) >= 11 is 1.83. The standard InChI is InChI=1S/C40H23N3S/c41-24-27-18-22-37(33-10-3-1-8-30(27)33)43(38-23-19-28(25-42)31-9-2-4-11-34(31)38)29-20-16-26(17-21-29)32-13-7-14-36-35-12-5-6-15-39(35)44-40(32)36/h1-23H. The van der Waals surface area contributed by atoms with Gasteiger partial charge in [0.1, 0.15) is 0 Å². The lowest BCUT2D eigenvalue weighted by Crippen LogP contribution is -2.11. The molecule has 0 aliphatic carbocycles. The molecule has 0 N–H and O–H groups in total. The van der Waals surface area contributed by atoms with Crippen LogP contribution in [0.4, 0.5) is 17.1 Å². The van der Waals surface area contributed by atoms with Crippen LogP contribution in [0.5, 0.6) is 0 Å². The average molecular weight is 578 g/mol. The lowest BCUT2D eigenvalue weighted by atomic mass is 9.98. The highest BCUT2D eigenvalue weighted by atomic mass is 32.1. The van der Waals surface area contributed by atoms with E-state index in [0.717, 1.165) is 44.2 Å². The van der Waals surface area contributed by atoms with Gasteiger partial charge in [-0.2, -0.15) is 10.5 Å². The smallest absolute Gasteiger partial charge is 0.0998 e. The fourth-order valence-electron chi connectivity index (χ4n) is 6.32. The van der Waals surface area contributed by atoms with Gasteiger partial charge >= 0.3 is 0 Å². The van der Waals surface area contributed by atoms with Gasteiger partial charge in [0.05, 0.1) is 34.6 Å². The number of rotatable bonds is 4. The number of anilines is 3. The van der Waals surface area contributed by atoms with E-state index in [4.69, 9.17) is 0 Å². The molecule has 4 heteroatoms. The van der Waals surface area contributed by atoms with Gasteiger partial charge in [0.15, 0.2) is 0 Å². The largest absolute Gasteiger partial charge is 0.309 e. The molecule has 0 atom stereocenters. The van der Waals surface area contributed by atoms with Crippen molar-refractivity contribution in [2.75, 3.05) is 4.90 Å². The van der Waals surface area contributed by atoms with Crippen molar-refractivity contribution in [1.29, 1.82) is 10.5 Å². The molecule has 0 aliphatic heterocycles. The molecule has 1 aromatic heterocycles. The van der Waals surface area contributed by atoms with E-state index in [0.29, 0.717) is 11.1 Å². The first-order valence-corrected chi connectivity index (χ1v) is 15.2. The highest BCUT2D eigenvalue weighted by Gasteiger charge is 2.20. The van der Waals surface area contributed by atoms with Gasteiger partial charge in [0.2, 0.25) is 0 Å². The van der Waals surface area contributed by atoms with Crippen LogP contribution in [0.3, 0.4) is 0 Å². The minimum absolute atomic E-state index is 0.640. The number of benzene rings is 7. The van der Waals surface area contributed by atoms with Gasteiger partial charge in [0.25, 0.3) is 0 Å². The zero-order valence-electron chi connectivity index (χ0n) is 23.5. The van der Waals surface area contributed by atoms with Crippen molar-refractivity contribution in [3.8, 4) is 23.3 Å². The summed E-state index contributed by atoms with van der Waals surface area (Å²) in [5.41, 5.74) is 6.57. The van der Waals surface area contributed by atoms with Gasteiger partial charge in [-0.05, 0) is 53.6 Å². The monoisotopic (exact) mass is 577 g/mol. The summed E-state index contributed by atoms with van der Waals surface area (Å²) < 4.78 is 2.58. The molecule has 3 nitrogen and oxygen atoms in total. The van der Waals surface area contributed by atoms with Crippen molar-refractivity contribution in [2.45, 2.75) is 0 Å². The molecule has 8 aromatic rings. The normalized spacial score (nSPS) is 11.1. The van der Waals surface area contributed by atoms with Crippen LogP contribution >= 0.6 is 11.3 Å². The van der Waals surface area contributed by atoms with Crippen molar-refractivity contribution >= 4 is 70.1 Å². The Bertz CT molecular complexity index is 2380. The zero-order chi connectivity index (χ0) is 29.6. The molecular formula is C40H23N3S. The Labute approximate surface area is 258 Å². The Morgan fingerprint density at radius 3 is 1.57 bits per heavy atom. The van der Waals surface area contributed by atoms with E-state index in [2.05, 4.69) is 95.9 Å². The second kappa shape index (κ2) is 10.4. The molecule has 0 saturated heterocycles. The fraction of sp³-hybridized carbons (Fsp3) is 0. The maximum absolute atomic E-state index is 9.87. The highest BCUT2D eigenvalue weighted by Crippen LogP contribution is 2.45. The molecule has 1 heterocycles. The lowest BCUT2D eigenvalue weighted by Gasteiger charge is -2.28. The van der Waals surface area contributed by atoms with E-state index < -0.39 is 0 Å². The lowest BCUT2D eigenvalue weighted by molar-refractivity contribution is 1.31. The van der Waals surface area contributed by atoms with E-state index in [9.17, 15) is 10.5 Å². The van der Waals surface area contributed by atoms with Crippen LogP contribution in [0.15, 0.2) is 140 Å². The van der Waals surface area contributed by atoms with Crippen LogP contribution in [0, 0.1) is 22.7 Å². The molecule has 0 fully saturated rings. The minimum atomic E-state index is 0.640. The first-order chi connectivity index (χ1) is 21.7. The summed E-state index contributed by atoms with van der Waals surface area (Å²) in [6, 6.07) is 52.5. The third kappa shape index (κ3) is 4.02. The maximum atomic E-state index is 9.87. The molecule has 44 heavy (non-hydrogen) atoms. The number of hydrogen-bond donors (Lipinski definition) is 0. The van der Waals surface area contributed by atoms with Crippen LogP contribution in [0.1, 0.15) is 11.1 Å². The Morgan fingerprint density at radius 2 is 0.977 bits per heavy atom. The van der Waals surface area contributed by atoms with Gasteiger partial charge in [-0.15, -0.1) is 11.3 Å². The van der Waals surface area contributed by atoms with E-state index in [1.165, 1.54) is 25.7 Å². The molecule has 7 aromatic carbocycles. The van der Waals surface area contributed by atoms with Crippen LogP contribution < -0.4 is 4.90 Å². The summed E-state index contributed by atoms with van der Waals surface area (Å²) in [6.45, 7) is 0. The quantitative estimate of drug-likeness (QED) is 0.209. The molecule has 0 saturated carbocycles. The molecule has 0 bridgehead atoms. The van der Waals surface area contributed by atoms with E-state index >= 15 is 0 Å². The Hall–Kier alpha value is -5.94. The van der Waals surface area contributed by atoms with Crippen LogP contribution in [-0.4, -0.2) is 0 Å². The Balaban J connectivity index is 1.35. The van der Waals surface area contributed by atoms with E-state index in [-0.39, 0.29) is 0 Å². The average Bonchev–Trinajstić information content (AvgIpc) is 3.48. The first-order valence-electron chi connectivity index (χ1n) is 14.4. The van der Waals surface area contributed by atoms with Gasteiger partial charge < -0.3 is 4.90 Å². The first kappa shape index (κ1) is 25.7. The third-order valence-electron chi connectivity index (χ3n) is 8.37. The third-order valence-corrected chi connectivity index (χ3v) is 9.59. The molecule has 0 unspecified atom stereocenters. The van der Waals surface area contributed by atoms with Crippen LogP contribution in [-0.2, 0) is 0 Å². The molecule has 0 radical (unpaired) electrons. The summed E-state index contributed by atoms with van der Waals surface area (Å²) in [7, 11) is 0. The van der Waals surface area contributed by atoms with E-state index in [1.807, 2.05) is 72.0 Å². The van der Waals surface area contributed by atoms with Crippen LogP contribution in [0.2, 0.25) is 0 Å². The van der Waals surface area contributed by atoms with Gasteiger partial charge in [-0.25, -0.2) is 0 Å². The number of hydrogen-bond acceptors (Lipinski definition) is 4. The highest BCUT2D eigenvalue weighted by molar-refractivity contribution is 7.26. The van der Waals surface area contributed by atoms with Gasteiger partial charge in [0, 0.05) is 47.4 Å². The number of thiophene rings is 1. The molecular weight excluding hydrogens is 555 g/mol. The van der Waals surface area contributed by atoms with Crippen molar-refractivity contribution in [1.82, 2.24) is 0 Å². The van der Waals surface area contributed by atoms with Gasteiger partial charge in [-0.1, -0.05) is 97.1 Å². The summed E-state index contributed by atoms with van der Waals surface area (Å²) in [5.74, 6) is 0. The molecule has 0 spiro atoms. The Morgan fingerprint density at radius 1 is 0.455 bits per heavy atom. The molecule has 0 amide bonds. The predicted octanol–water partition coefficient (Wildman–Crippen LogP) is 11.2. The summed E-state index contributed by atoms with van der Waals surface area (Å²) in [4.78, 5) is 2.25. The summed E-state index contributed by atoms with van der Waals surface area (Å²) in [6.07, 6.45) is 0. The minimum Gasteiger partial charge on any atom is -0.309 e. The predicted molar refractivity (Wildman–Crippen MR) is 184 cm³/mol. The molecule has 0 aliphatic rings. The van der Waals surface area contributed by atoms with Crippen LogP contribution in [0.25, 0.3) is 52.8 Å². The van der Waals surface area contributed by atoms with Crippen molar-refractivity contribution in [3.63, 3.8) is 0 Å². The topological polar surface area (TPSA) is 50.8 Å². The number of nitriles is 2. The maximum Gasteiger partial charge on any atom is 0.0998 e. The van der Waals surface area contributed by atoms with Crippen molar-refractivity contribution in [2.24, 2.45) is 0 Å². The Kier molecular flexibility index (Phi) is 6.09. The molecule has 8 rings (SSSR count). The van der Waals surface area contributed by atoms with Crippen molar-refractivity contribution in [3.05, 3.63) is 151 Å². The fourth-order valence-corrected chi connectivity index (χ4v) is 7.56. The number of nitrogens with zero attached hydrogens (tertiary/aromatic N) is 3. The van der Waals surface area contributed by atoms with Crippen molar-refractivity contribution < 1.29 is 0 Å². The van der Waals surface area contributed by atoms with E-state index in [1.54, 1.807) is 0 Å².